The third-order valence-electron chi connectivity index (χ3n) is 2.18. The summed E-state index contributed by atoms with van der Waals surface area (Å²) < 4.78 is 2.44. The van der Waals surface area contributed by atoms with Gasteiger partial charge in [0, 0.05) is 23.6 Å². The molecule has 0 fully saturated rings. The summed E-state index contributed by atoms with van der Waals surface area (Å²) in [5.41, 5.74) is 8.76. The largest absolute Gasteiger partial charge is 0.384 e. The summed E-state index contributed by atoms with van der Waals surface area (Å²) in [6, 6.07) is 1.90. The van der Waals surface area contributed by atoms with Crippen LogP contribution >= 0.6 is 22.9 Å². The van der Waals surface area contributed by atoms with Crippen LogP contribution in [-0.4, -0.2) is 9.78 Å². The first-order valence-electron chi connectivity index (χ1n) is 4.13. The van der Waals surface area contributed by atoms with Gasteiger partial charge < -0.3 is 5.73 Å². The summed E-state index contributed by atoms with van der Waals surface area (Å²) in [5.74, 6) is 0.697. The van der Waals surface area contributed by atoms with Crippen LogP contribution in [0.25, 0.3) is 11.3 Å². The van der Waals surface area contributed by atoms with Crippen molar-refractivity contribution < 1.29 is 0 Å². The summed E-state index contributed by atoms with van der Waals surface area (Å²) in [7, 11) is 1.83. The number of aromatic nitrogens is 2. The Hall–Kier alpha value is -1.00. The number of hydrogen-bond acceptors (Lipinski definition) is 3. The highest BCUT2D eigenvalue weighted by Gasteiger charge is 2.12. The number of nitrogen functional groups attached to an aromatic ring is 1. The van der Waals surface area contributed by atoms with Crippen molar-refractivity contribution in [2.45, 2.75) is 6.92 Å². The maximum absolute atomic E-state index is 5.86. The van der Waals surface area contributed by atoms with Gasteiger partial charge in [-0.3, -0.25) is 4.68 Å². The second-order valence-corrected chi connectivity index (χ2v) is 4.66. The van der Waals surface area contributed by atoms with Gasteiger partial charge in [-0.2, -0.15) is 5.10 Å². The maximum atomic E-state index is 5.86. The lowest BCUT2D eigenvalue weighted by Gasteiger charge is -1.92. The maximum Gasteiger partial charge on any atom is 0.124 e. The molecule has 0 aliphatic rings. The lowest BCUT2D eigenvalue weighted by atomic mass is 10.1. The van der Waals surface area contributed by atoms with Crippen LogP contribution in [0.1, 0.15) is 5.56 Å². The van der Waals surface area contributed by atoms with Crippen LogP contribution in [0.15, 0.2) is 11.4 Å². The molecular formula is C9H10ClN3S. The summed E-state index contributed by atoms with van der Waals surface area (Å²) in [4.78, 5) is 0. The Morgan fingerprint density at radius 3 is 2.71 bits per heavy atom. The van der Waals surface area contributed by atoms with E-state index in [4.69, 9.17) is 17.3 Å². The van der Waals surface area contributed by atoms with Gasteiger partial charge in [-0.15, -0.1) is 11.3 Å². The van der Waals surface area contributed by atoms with E-state index < -0.39 is 0 Å². The van der Waals surface area contributed by atoms with E-state index in [0.29, 0.717) is 5.82 Å². The van der Waals surface area contributed by atoms with Crippen molar-refractivity contribution in [3.8, 4) is 11.3 Å². The zero-order chi connectivity index (χ0) is 10.3. The Morgan fingerprint density at radius 1 is 1.57 bits per heavy atom. The van der Waals surface area contributed by atoms with Crippen LogP contribution in [0.2, 0.25) is 4.34 Å². The van der Waals surface area contributed by atoms with Crippen molar-refractivity contribution in [3.63, 3.8) is 0 Å². The molecule has 0 radical (unpaired) electrons. The fourth-order valence-corrected chi connectivity index (χ4v) is 2.22. The Kier molecular flexibility index (Phi) is 2.25. The molecule has 2 aromatic heterocycles. The van der Waals surface area contributed by atoms with Gasteiger partial charge in [0.25, 0.3) is 0 Å². The van der Waals surface area contributed by atoms with Crippen molar-refractivity contribution >= 4 is 28.8 Å². The topological polar surface area (TPSA) is 43.8 Å². The van der Waals surface area contributed by atoms with E-state index in [1.807, 2.05) is 25.4 Å². The molecule has 14 heavy (non-hydrogen) atoms. The first-order valence-corrected chi connectivity index (χ1v) is 5.39. The fraction of sp³-hybridized carbons (Fsp3) is 0.222. The molecule has 0 atom stereocenters. The van der Waals surface area contributed by atoms with E-state index in [0.717, 1.165) is 21.2 Å². The normalized spacial score (nSPS) is 10.8. The zero-order valence-electron chi connectivity index (χ0n) is 7.91. The molecule has 0 bridgehead atoms. The summed E-state index contributed by atoms with van der Waals surface area (Å²) in [5, 5.41) is 6.32. The number of hydrogen-bond donors (Lipinski definition) is 1. The lowest BCUT2D eigenvalue weighted by Crippen LogP contribution is -1.97. The van der Waals surface area contributed by atoms with Gasteiger partial charge in [0.1, 0.15) is 5.82 Å². The van der Waals surface area contributed by atoms with E-state index in [-0.39, 0.29) is 0 Å². The molecule has 0 saturated carbocycles. The predicted molar refractivity (Wildman–Crippen MR) is 60.7 cm³/mol. The first kappa shape index (κ1) is 9.55. The summed E-state index contributed by atoms with van der Waals surface area (Å²) in [6.45, 7) is 1.96. The average molecular weight is 228 g/mol. The number of halogens is 1. The molecule has 5 heteroatoms. The highest BCUT2D eigenvalue weighted by molar-refractivity contribution is 7.14. The van der Waals surface area contributed by atoms with Gasteiger partial charge in [0.2, 0.25) is 0 Å². The van der Waals surface area contributed by atoms with Crippen molar-refractivity contribution in [3.05, 3.63) is 21.3 Å². The number of nitrogens with zero attached hydrogens (tertiary/aromatic N) is 2. The van der Waals surface area contributed by atoms with Crippen LogP contribution in [0, 0.1) is 6.92 Å². The molecule has 2 aromatic rings. The number of anilines is 1. The third kappa shape index (κ3) is 1.40. The quantitative estimate of drug-likeness (QED) is 0.814. The monoisotopic (exact) mass is 227 g/mol. The van der Waals surface area contributed by atoms with Crippen molar-refractivity contribution in [1.29, 1.82) is 0 Å². The second-order valence-electron chi connectivity index (χ2n) is 3.12. The number of nitrogens with two attached hydrogens (primary N) is 1. The summed E-state index contributed by atoms with van der Waals surface area (Å²) >= 11 is 7.36. The smallest absolute Gasteiger partial charge is 0.124 e. The van der Waals surface area contributed by atoms with Gasteiger partial charge in [-0.25, -0.2) is 0 Å². The average Bonchev–Trinajstić information content (AvgIpc) is 2.66. The minimum Gasteiger partial charge on any atom is -0.384 e. The van der Waals surface area contributed by atoms with Gasteiger partial charge in [0.05, 0.1) is 10.0 Å². The van der Waals surface area contributed by atoms with Crippen molar-refractivity contribution in [1.82, 2.24) is 9.78 Å². The minimum atomic E-state index is 0.697. The Balaban J connectivity index is 2.57. The van der Waals surface area contributed by atoms with Crippen LogP contribution in [0.5, 0.6) is 0 Å². The van der Waals surface area contributed by atoms with E-state index in [9.17, 15) is 0 Å². The van der Waals surface area contributed by atoms with Gasteiger partial charge in [-0.05, 0) is 13.0 Å². The number of rotatable bonds is 1. The molecule has 3 nitrogen and oxygen atoms in total. The van der Waals surface area contributed by atoms with Gasteiger partial charge >= 0.3 is 0 Å². The van der Waals surface area contributed by atoms with Gasteiger partial charge in [-0.1, -0.05) is 11.6 Å². The molecule has 74 valence electrons. The molecule has 2 rings (SSSR count). The molecule has 0 saturated heterocycles. The first-order chi connectivity index (χ1) is 6.59. The van der Waals surface area contributed by atoms with E-state index in [1.165, 1.54) is 11.3 Å². The van der Waals surface area contributed by atoms with Crippen LogP contribution in [0.4, 0.5) is 5.82 Å². The highest BCUT2D eigenvalue weighted by atomic mass is 35.5. The molecule has 0 spiro atoms. The van der Waals surface area contributed by atoms with E-state index in [2.05, 4.69) is 5.10 Å². The SMILES string of the molecule is Cc1c(-c2csc(Cl)c2)nn(C)c1N. The van der Waals surface area contributed by atoms with Crippen molar-refractivity contribution in [2.24, 2.45) is 7.05 Å². The predicted octanol–water partition coefficient (Wildman–Crippen LogP) is 2.69. The minimum absolute atomic E-state index is 0.697. The molecule has 2 N–H and O–H groups in total. The lowest BCUT2D eigenvalue weighted by molar-refractivity contribution is 0.782. The zero-order valence-corrected chi connectivity index (χ0v) is 9.49. The van der Waals surface area contributed by atoms with Gasteiger partial charge in [0.15, 0.2) is 0 Å². The molecule has 0 amide bonds. The molecule has 0 aliphatic carbocycles. The number of thiophene rings is 1. The van der Waals surface area contributed by atoms with Crippen molar-refractivity contribution in [2.75, 3.05) is 5.73 Å². The van der Waals surface area contributed by atoms with E-state index >= 15 is 0 Å². The van der Waals surface area contributed by atoms with Crippen LogP contribution < -0.4 is 5.73 Å². The Bertz CT molecular complexity index is 472. The molecule has 0 aliphatic heterocycles. The fourth-order valence-electron chi connectivity index (χ4n) is 1.35. The molecule has 0 aromatic carbocycles. The van der Waals surface area contributed by atoms with Crippen LogP contribution in [0.3, 0.4) is 0 Å². The number of aryl methyl sites for hydroxylation is 1. The molecule has 0 unspecified atom stereocenters. The standard InChI is InChI=1S/C9H10ClN3S/c1-5-8(12-13(2)9(5)11)6-3-7(10)14-4-6/h3-4H,11H2,1-2H3. The Labute approximate surface area is 91.1 Å². The molecular weight excluding hydrogens is 218 g/mol. The highest BCUT2D eigenvalue weighted by Crippen LogP contribution is 2.31. The van der Waals surface area contributed by atoms with E-state index in [1.54, 1.807) is 4.68 Å². The molecule has 2 heterocycles. The Morgan fingerprint density at radius 2 is 2.29 bits per heavy atom. The third-order valence-corrected chi connectivity index (χ3v) is 3.27. The summed E-state index contributed by atoms with van der Waals surface area (Å²) in [6.07, 6.45) is 0. The van der Waals surface area contributed by atoms with Crippen LogP contribution in [-0.2, 0) is 7.05 Å². The second kappa shape index (κ2) is 3.29.